The topological polar surface area (TPSA) is 81.2 Å². The maximum atomic E-state index is 13.8. The molecule has 0 aliphatic heterocycles. The molecule has 1 N–H and O–H groups in total. The lowest BCUT2D eigenvalue weighted by Gasteiger charge is -2.12. The largest absolute Gasteiger partial charge is 0.440 e. The summed E-state index contributed by atoms with van der Waals surface area (Å²) in [6.07, 6.45) is 1.40. The molecule has 0 aliphatic carbocycles. The molecule has 4 aromatic rings. The van der Waals surface area contributed by atoms with Crippen LogP contribution in [0.15, 0.2) is 70.5 Å². The molecule has 2 heterocycles. The molecule has 0 unspecified atom stereocenters. The van der Waals surface area contributed by atoms with Crippen molar-refractivity contribution < 1.29 is 17.5 Å². The zero-order valence-corrected chi connectivity index (χ0v) is 16.6. The molecule has 0 amide bonds. The van der Waals surface area contributed by atoms with Crippen LogP contribution < -0.4 is 10.3 Å². The number of rotatable bonds is 4. The van der Waals surface area contributed by atoms with Crippen molar-refractivity contribution in [2.24, 2.45) is 0 Å². The quantitative estimate of drug-likeness (QED) is 0.516. The van der Waals surface area contributed by atoms with Gasteiger partial charge in [0.05, 0.1) is 9.92 Å². The Hall–Kier alpha value is -3.10. The first kappa shape index (κ1) is 19.2. The maximum Gasteiger partial charge on any atom is 0.273 e. The van der Waals surface area contributed by atoms with Gasteiger partial charge in [-0.2, -0.15) is 3.97 Å². The summed E-state index contributed by atoms with van der Waals surface area (Å²) in [5.41, 5.74) is 0.181. The van der Waals surface area contributed by atoms with Gasteiger partial charge < -0.3 is 9.72 Å². The van der Waals surface area contributed by atoms with Gasteiger partial charge >= 0.3 is 0 Å². The van der Waals surface area contributed by atoms with Crippen LogP contribution >= 0.6 is 11.6 Å². The highest BCUT2D eigenvalue weighted by atomic mass is 35.5. The van der Waals surface area contributed by atoms with E-state index in [1.165, 1.54) is 36.5 Å². The SMILES string of the molecule is Cc1ccc(S(=O)(=O)n2c(Oc3ccc(Cl)c(F)c3)cc3cc[nH]c(=O)c32)cc1. The van der Waals surface area contributed by atoms with E-state index in [1.807, 2.05) is 6.92 Å². The van der Waals surface area contributed by atoms with Crippen molar-refractivity contribution in [1.82, 2.24) is 8.96 Å². The zero-order chi connectivity index (χ0) is 20.8. The van der Waals surface area contributed by atoms with Crippen molar-refractivity contribution in [3.05, 3.63) is 87.6 Å². The van der Waals surface area contributed by atoms with Gasteiger partial charge in [-0.1, -0.05) is 29.3 Å². The molecule has 2 aromatic carbocycles. The molecule has 0 atom stereocenters. The van der Waals surface area contributed by atoms with Gasteiger partial charge in [0.25, 0.3) is 15.6 Å². The second-order valence-electron chi connectivity index (χ2n) is 6.35. The Labute approximate surface area is 170 Å². The summed E-state index contributed by atoms with van der Waals surface area (Å²) in [5, 5.41) is 0.260. The third-order valence-corrected chi connectivity index (χ3v) is 6.34. The number of H-pyrrole nitrogens is 1. The smallest absolute Gasteiger partial charge is 0.273 e. The van der Waals surface area contributed by atoms with E-state index in [1.54, 1.807) is 18.2 Å². The van der Waals surface area contributed by atoms with Gasteiger partial charge in [0, 0.05) is 23.7 Å². The highest BCUT2D eigenvalue weighted by molar-refractivity contribution is 7.90. The van der Waals surface area contributed by atoms with E-state index in [2.05, 4.69) is 4.98 Å². The summed E-state index contributed by atoms with van der Waals surface area (Å²) in [5.74, 6) is -0.837. The maximum absolute atomic E-state index is 13.8. The van der Waals surface area contributed by atoms with Gasteiger partial charge in [-0.25, -0.2) is 12.8 Å². The number of benzene rings is 2. The van der Waals surface area contributed by atoms with E-state index >= 15 is 0 Å². The van der Waals surface area contributed by atoms with Crippen molar-refractivity contribution >= 4 is 32.5 Å². The molecular weight excluding hydrogens is 419 g/mol. The molecule has 0 bridgehead atoms. The number of fused-ring (bicyclic) bond motifs is 1. The Morgan fingerprint density at radius 2 is 1.79 bits per heavy atom. The number of aromatic amines is 1. The van der Waals surface area contributed by atoms with E-state index in [9.17, 15) is 17.6 Å². The number of aromatic nitrogens is 2. The Morgan fingerprint density at radius 3 is 2.48 bits per heavy atom. The molecule has 4 rings (SSSR count). The van der Waals surface area contributed by atoms with Crippen molar-refractivity contribution in [3.63, 3.8) is 0 Å². The van der Waals surface area contributed by atoms with Crippen molar-refractivity contribution in [2.45, 2.75) is 11.8 Å². The number of ether oxygens (including phenoxy) is 1. The van der Waals surface area contributed by atoms with Crippen molar-refractivity contribution in [1.29, 1.82) is 0 Å². The zero-order valence-electron chi connectivity index (χ0n) is 15.0. The fraction of sp³-hybridized carbons (Fsp3) is 0.0500. The average molecular weight is 433 g/mol. The van der Waals surface area contributed by atoms with Crippen LogP contribution in [0.3, 0.4) is 0 Å². The first-order chi connectivity index (χ1) is 13.8. The van der Waals surface area contributed by atoms with Gasteiger partial charge in [0.1, 0.15) is 17.1 Å². The van der Waals surface area contributed by atoms with Crippen LogP contribution in [0.2, 0.25) is 5.02 Å². The highest BCUT2D eigenvalue weighted by Crippen LogP contribution is 2.32. The fourth-order valence-electron chi connectivity index (χ4n) is 2.90. The minimum absolute atomic E-state index is 0.0176. The molecule has 0 fully saturated rings. The number of pyridine rings is 1. The standard InChI is InChI=1S/C20H14ClFN2O4S/c1-12-2-5-15(6-3-12)29(26,27)24-18(10-13-8-9-23-20(25)19(13)24)28-14-4-7-16(21)17(22)11-14/h2-11H,1H3,(H,23,25). The van der Waals surface area contributed by atoms with Crippen molar-refractivity contribution in [2.75, 3.05) is 0 Å². The van der Waals surface area contributed by atoms with Gasteiger partial charge in [0.15, 0.2) is 0 Å². The molecule has 6 nitrogen and oxygen atoms in total. The average Bonchev–Trinajstić information content (AvgIpc) is 3.05. The molecule has 0 aliphatic rings. The van der Waals surface area contributed by atoms with Gasteiger partial charge in [0.2, 0.25) is 5.88 Å². The van der Waals surface area contributed by atoms with Crippen LogP contribution in [-0.4, -0.2) is 17.4 Å². The lowest BCUT2D eigenvalue weighted by molar-refractivity contribution is 0.452. The lowest BCUT2D eigenvalue weighted by atomic mass is 10.2. The van der Waals surface area contributed by atoms with E-state index in [4.69, 9.17) is 16.3 Å². The Morgan fingerprint density at radius 1 is 1.07 bits per heavy atom. The highest BCUT2D eigenvalue weighted by Gasteiger charge is 2.26. The number of aryl methyl sites for hydroxylation is 1. The third kappa shape index (κ3) is 3.41. The first-order valence-electron chi connectivity index (χ1n) is 8.46. The van der Waals surface area contributed by atoms with Crippen LogP contribution in [0.4, 0.5) is 4.39 Å². The predicted molar refractivity (Wildman–Crippen MR) is 108 cm³/mol. The van der Waals surface area contributed by atoms with E-state index in [-0.39, 0.29) is 27.1 Å². The van der Waals surface area contributed by atoms with Crippen LogP contribution in [0.5, 0.6) is 11.6 Å². The summed E-state index contributed by atoms with van der Waals surface area (Å²) in [6.45, 7) is 1.83. The molecule has 0 saturated heterocycles. The van der Waals surface area contributed by atoms with Crippen molar-refractivity contribution in [3.8, 4) is 11.6 Å². The first-order valence-corrected chi connectivity index (χ1v) is 10.3. The molecule has 2 aromatic heterocycles. The second-order valence-corrected chi connectivity index (χ2v) is 8.55. The number of hydrogen-bond donors (Lipinski definition) is 1. The van der Waals surface area contributed by atoms with Gasteiger partial charge in [-0.3, -0.25) is 4.79 Å². The summed E-state index contributed by atoms with van der Waals surface area (Å²) >= 11 is 5.69. The Kier molecular flexibility index (Phi) is 4.68. The number of halogens is 2. The summed E-state index contributed by atoms with van der Waals surface area (Å²) < 4.78 is 46.9. The molecule has 148 valence electrons. The predicted octanol–water partition coefficient (Wildman–Crippen LogP) is 4.46. The molecule has 0 spiro atoms. The summed E-state index contributed by atoms with van der Waals surface area (Å²) in [4.78, 5) is 14.9. The summed E-state index contributed by atoms with van der Waals surface area (Å²) in [7, 11) is -4.18. The number of hydrogen-bond acceptors (Lipinski definition) is 4. The minimum Gasteiger partial charge on any atom is -0.440 e. The van der Waals surface area contributed by atoms with Crippen LogP contribution in [0.25, 0.3) is 10.9 Å². The molecule has 29 heavy (non-hydrogen) atoms. The molecule has 0 saturated carbocycles. The second kappa shape index (κ2) is 7.06. The van der Waals surface area contributed by atoms with Crippen LogP contribution in [-0.2, 0) is 10.0 Å². The monoisotopic (exact) mass is 432 g/mol. The van der Waals surface area contributed by atoms with Gasteiger partial charge in [-0.15, -0.1) is 0 Å². The van der Waals surface area contributed by atoms with E-state index in [0.717, 1.165) is 15.6 Å². The minimum atomic E-state index is -4.18. The molecular formula is C20H14ClFN2O4S. The summed E-state index contributed by atoms with van der Waals surface area (Å²) in [6, 6.07) is 12.9. The van der Waals surface area contributed by atoms with Crippen LogP contribution in [0.1, 0.15) is 5.56 Å². The Balaban J connectivity index is 1.96. The lowest BCUT2D eigenvalue weighted by Crippen LogP contribution is -2.18. The molecule has 0 radical (unpaired) electrons. The normalized spacial score (nSPS) is 11.7. The number of nitrogens with one attached hydrogen (secondary N) is 1. The van der Waals surface area contributed by atoms with Crippen LogP contribution in [0, 0.1) is 12.7 Å². The van der Waals surface area contributed by atoms with Gasteiger partial charge in [-0.05, 0) is 37.3 Å². The molecule has 9 heteroatoms. The third-order valence-electron chi connectivity index (χ3n) is 4.32. The fourth-order valence-corrected chi connectivity index (χ4v) is 4.46. The van der Waals surface area contributed by atoms with E-state index in [0.29, 0.717) is 5.39 Å². The Bertz CT molecular complexity index is 1390. The number of nitrogens with zero attached hydrogens (tertiary/aromatic N) is 1. The van der Waals surface area contributed by atoms with E-state index < -0.39 is 21.4 Å².